The van der Waals surface area contributed by atoms with Crippen molar-refractivity contribution in [3.05, 3.63) is 82.9 Å². The third-order valence-corrected chi connectivity index (χ3v) is 7.47. The van der Waals surface area contributed by atoms with Crippen LogP contribution in [0.4, 0.5) is 17.3 Å². The van der Waals surface area contributed by atoms with E-state index < -0.39 is 5.92 Å². The van der Waals surface area contributed by atoms with Crippen LogP contribution in [0.15, 0.2) is 60.9 Å². The number of para-hydroxylation sites is 1. The van der Waals surface area contributed by atoms with E-state index in [0.29, 0.717) is 35.3 Å². The van der Waals surface area contributed by atoms with Gasteiger partial charge in [-0.3, -0.25) is 14.4 Å². The molecule has 3 heterocycles. The highest BCUT2D eigenvalue weighted by atomic mass is 35.5. The molecule has 3 aromatic rings. The van der Waals surface area contributed by atoms with Crippen LogP contribution in [0.3, 0.4) is 0 Å². The Hall–Kier alpha value is -4.35. The van der Waals surface area contributed by atoms with Gasteiger partial charge in [-0.05, 0) is 63.5 Å². The van der Waals surface area contributed by atoms with Crippen molar-refractivity contribution in [2.45, 2.75) is 43.7 Å². The van der Waals surface area contributed by atoms with E-state index in [2.05, 4.69) is 36.2 Å². The zero-order valence-corrected chi connectivity index (χ0v) is 24.2. The number of rotatable bonds is 9. The highest BCUT2D eigenvalue weighted by molar-refractivity contribution is 6.31. The van der Waals surface area contributed by atoms with Crippen molar-refractivity contribution in [2.75, 3.05) is 36.6 Å². The smallest absolute Gasteiger partial charge is 0.270 e. The lowest BCUT2D eigenvalue weighted by molar-refractivity contribution is -0.116. The minimum atomic E-state index is -0.609. The van der Waals surface area contributed by atoms with E-state index in [0.717, 1.165) is 30.5 Å². The molecule has 1 fully saturated rings. The summed E-state index contributed by atoms with van der Waals surface area (Å²) in [5, 5.41) is 12.4. The third-order valence-electron chi connectivity index (χ3n) is 7.18. The first-order chi connectivity index (χ1) is 20.3. The molecule has 3 atom stereocenters. The Labute approximate surface area is 249 Å². The maximum Gasteiger partial charge on any atom is 0.270 e. The molecule has 1 saturated carbocycles. The van der Waals surface area contributed by atoms with Crippen molar-refractivity contribution in [1.29, 1.82) is 0 Å². The Bertz CT molecular complexity index is 1490. The summed E-state index contributed by atoms with van der Waals surface area (Å²) in [6, 6.07) is 10.7. The lowest BCUT2D eigenvalue weighted by Crippen LogP contribution is -2.42. The largest absolute Gasteiger partial charge is 0.351 e. The second kappa shape index (κ2) is 13.1. The van der Waals surface area contributed by atoms with Gasteiger partial charge in [-0.25, -0.2) is 15.0 Å². The summed E-state index contributed by atoms with van der Waals surface area (Å²) in [5.41, 5.74) is 2.81. The molecule has 1 aromatic carbocycles. The minimum Gasteiger partial charge on any atom is -0.351 e. The Morgan fingerprint density at radius 3 is 2.69 bits per heavy atom. The van der Waals surface area contributed by atoms with Gasteiger partial charge in [-0.1, -0.05) is 35.9 Å². The van der Waals surface area contributed by atoms with Crippen LogP contribution in [0.5, 0.6) is 0 Å². The van der Waals surface area contributed by atoms with Crippen molar-refractivity contribution >= 4 is 46.6 Å². The number of aromatic nitrogens is 3. The van der Waals surface area contributed by atoms with E-state index in [1.165, 1.54) is 18.5 Å². The van der Waals surface area contributed by atoms with Gasteiger partial charge in [0.2, 0.25) is 17.8 Å². The Balaban J connectivity index is 1.17. The summed E-state index contributed by atoms with van der Waals surface area (Å²) in [7, 11) is 3.84. The molecule has 42 heavy (non-hydrogen) atoms. The third kappa shape index (κ3) is 7.10. The highest BCUT2D eigenvalue weighted by Crippen LogP contribution is 2.38. The fraction of sp³-hybridized carbons (Fsp3) is 0.333. The molecule has 5 rings (SSSR count). The summed E-state index contributed by atoms with van der Waals surface area (Å²) in [6.07, 6.45) is 9.51. The van der Waals surface area contributed by atoms with Gasteiger partial charge in [-0.15, -0.1) is 0 Å². The predicted octanol–water partition coefficient (Wildman–Crippen LogP) is 3.82. The van der Waals surface area contributed by atoms with Crippen LogP contribution >= 0.6 is 11.6 Å². The predicted molar refractivity (Wildman–Crippen MR) is 162 cm³/mol. The number of nitrogens with one attached hydrogen (secondary N) is 4. The standard InChI is InChI=1S/C30H33ClN8O3/c1-39(2)14-6-11-25(40)34-20-12-13-24(32-16-20)28(41)35-18-7-5-8-19(15-18)36-30-33-17-22(31)27(38-30)26-21-9-3-4-10-23(21)37-29(26)42/h3-4,6,9-13,16-19,26H,5,7-8,14-15H2,1-2H3,(H,34,40)(H,35,41)(H,37,42)(H,33,36,38)/b11-6+/t18-,19+,26?/m0/s1. The van der Waals surface area contributed by atoms with Gasteiger partial charge in [0.05, 0.1) is 28.8 Å². The molecule has 11 nitrogen and oxygen atoms in total. The summed E-state index contributed by atoms with van der Waals surface area (Å²) in [6.45, 7) is 0.657. The summed E-state index contributed by atoms with van der Waals surface area (Å²) >= 11 is 6.44. The molecule has 218 valence electrons. The number of amides is 3. The number of fused-ring (bicyclic) bond motifs is 1. The number of anilines is 3. The lowest BCUT2D eigenvalue weighted by Gasteiger charge is -2.30. The number of pyridine rings is 1. The molecule has 1 unspecified atom stereocenters. The molecule has 0 radical (unpaired) electrons. The van der Waals surface area contributed by atoms with E-state index >= 15 is 0 Å². The average molecular weight is 589 g/mol. The summed E-state index contributed by atoms with van der Waals surface area (Å²) in [5.74, 6) is -0.934. The van der Waals surface area contributed by atoms with Crippen molar-refractivity contribution in [2.24, 2.45) is 0 Å². The fourth-order valence-electron chi connectivity index (χ4n) is 5.18. The molecule has 4 N–H and O–H groups in total. The van der Waals surface area contributed by atoms with E-state index in [-0.39, 0.29) is 35.5 Å². The Kier molecular flexibility index (Phi) is 9.09. The second-order valence-corrected chi connectivity index (χ2v) is 11.1. The molecule has 0 saturated heterocycles. The minimum absolute atomic E-state index is 0.0221. The zero-order valence-electron chi connectivity index (χ0n) is 23.4. The highest BCUT2D eigenvalue weighted by Gasteiger charge is 2.35. The molecule has 0 spiro atoms. The first-order valence-electron chi connectivity index (χ1n) is 13.8. The molecule has 12 heteroatoms. The Morgan fingerprint density at radius 2 is 1.90 bits per heavy atom. The van der Waals surface area contributed by atoms with Crippen LogP contribution in [0, 0.1) is 0 Å². The van der Waals surface area contributed by atoms with Gasteiger partial charge in [0.1, 0.15) is 11.6 Å². The normalized spacial score (nSPS) is 19.8. The molecule has 1 aliphatic heterocycles. The first-order valence-corrected chi connectivity index (χ1v) is 14.2. The summed E-state index contributed by atoms with van der Waals surface area (Å²) in [4.78, 5) is 52.9. The molecular formula is C30H33ClN8O3. The molecule has 3 amide bonds. The molecule has 0 bridgehead atoms. The number of hydrogen-bond donors (Lipinski definition) is 4. The van der Waals surface area contributed by atoms with Crippen LogP contribution in [0.25, 0.3) is 0 Å². The lowest BCUT2D eigenvalue weighted by atomic mass is 9.91. The molecule has 1 aliphatic carbocycles. The van der Waals surface area contributed by atoms with Gasteiger partial charge in [-0.2, -0.15) is 0 Å². The number of carbonyl (C=O) groups excluding carboxylic acids is 3. The van der Waals surface area contributed by atoms with Crippen LogP contribution in [0.2, 0.25) is 5.02 Å². The van der Waals surface area contributed by atoms with E-state index in [1.54, 1.807) is 18.2 Å². The number of halogens is 1. The van der Waals surface area contributed by atoms with Crippen molar-refractivity contribution in [1.82, 2.24) is 25.2 Å². The number of carbonyl (C=O) groups is 3. The number of benzene rings is 1. The van der Waals surface area contributed by atoms with Gasteiger partial charge in [0, 0.05) is 30.4 Å². The van der Waals surface area contributed by atoms with Gasteiger partial charge >= 0.3 is 0 Å². The molecule has 2 aliphatic rings. The number of hydrogen-bond acceptors (Lipinski definition) is 8. The number of nitrogens with zero attached hydrogens (tertiary/aromatic N) is 4. The second-order valence-electron chi connectivity index (χ2n) is 10.7. The van der Waals surface area contributed by atoms with Crippen LogP contribution in [-0.4, -0.2) is 70.3 Å². The van der Waals surface area contributed by atoms with E-state index in [9.17, 15) is 14.4 Å². The first kappa shape index (κ1) is 29.2. The SMILES string of the molecule is CN(C)C/C=C/C(=O)Nc1ccc(C(=O)N[C@H]2CCC[C@@H](Nc3ncc(Cl)c(C4C(=O)Nc5ccccc54)n3)C2)nc1. The van der Waals surface area contributed by atoms with Gasteiger partial charge in [0.25, 0.3) is 5.91 Å². The maximum atomic E-state index is 12.9. The van der Waals surface area contributed by atoms with Crippen molar-refractivity contribution < 1.29 is 14.4 Å². The van der Waals surface area contributed by atoms with Crippen molar-refractivity contribution in [3.63, 3.8) is 0 Å². The fourth-order valence-corrected chi connectivity index (χ4v) is 5.38. The van der Waals surface area contributed by atoms with Crippen molar-refractivity contribution in [3.8, 4) is 0 Å². The van der Waals surface area contributed by atoms with Crippen LogP contribution < -0.4 is 21.3 Å². The van der Waals surface area contributed by atoms with Gasteiger partial charge < -0.3 is 26.2 Å². The Morgan fingerprint density at radius 1 is 1.10 bits per heavy atom. The van der Waals surface area contributed by atoms with E-state index in [4.69, 9.17) is 11.6 Å². The molecular weight excluding hydrogens is 556 g/mol. The molecule has 2 aromatic heterocycles. The van der Waals surface area contributed by atoms with E-state index in [1.807, 2.05) is 43.3 Å². The average Bonchev–Trinajstić information content (AvgIpc) is 3.30. The van der Waals surface area contributed by atoms with Gasteiger partial charge in [0.15, 0.2) is 0 Å². The monoisotopic (exact) mass is 588 g/mol. The number of likely N-dealkylation sites (N-methyl/N-ethyl adjacent to an activating group) is 1. The quantitative estimate of drug-likeness (QED) is 0.277. The van der Waals surface area contributed by atoms with Crippen LogP contribution in [0.1, 0.15) is 53.3 Å². The summed E-state index contributed by atoms with van der Waals surface area (Å²) < 4.78 is 0. The zero-order chi connectivity index (χ0) is 29.6. The maximum absolute atomic E-state index is 12.9. The van der Waals surface area contributed by atoms with Crippen LogP contribution in [-0.2, 0) is 9.59 Å². The topological polar surface area (TPSA) is 141 Å².